The third-order valence-corrected chi connectivity index (χ3v) is 5.99. The summed E-state index contributed by atoms with van der Waals surface area (Å²) in [6, 6.07) is 25.0. The first kappa shape index (κ1) is 26.0. The first-order valence-electron chi connectivity index (χ1n) is 12.4. The minimum absolute atomic E-state index is 0.135. The summed E-state index contributed by atoms with van der Waals surface area (Å²) in [6.45, 7) is 6.90. The number of carbonyl (C=O) groups is 2. The highest BCUT2D eigenvalue weighted by Gasteiger charge is 2.30. The molecule has 1 atom stereocenters. The second-order valence-electron chi connectivity index (χ2n) is 8.79. The van der Waals surface area contributed by atoms with Crippen molar-refractivity contribution in [1.29, 1.82) is 0 Å². The highest BCUT2D eigenvalue weighted by atomic mass is 16.5. The minimum Gasteiger partial charge on any atom is -0.484 e. The van der Waals surface area contributed by atoms with Gasteiger partial charge in [0, 0.05) is 19.5 Å². The van der Waals surface area contributed by atoms with Crippen LogP contribution >= 0.6 is 0 Å². The summed E-state index contributed by atoms with van der Waals surface area (Å²) in [4.78, 5) is 28.5. The van der Waals surface area contributed by atoms with E-state index in [1.54, 1.807) is 4.90 Å². The number of benzene rings is 3. The molecule has 0 aliphatic heterocycles. The van der Waals surface area contributed by atoms with Crippen LogP contribution in [0.15, 0.2) is 78.9 Å². The van der Waals surface area contributed by atoms with Crippen LogP contribution in [0, 0.1) is 6.92 Å². The van der Waals surface area contributed by atoms with Crippen LogP contribution in [0.5, 0.6) is 5.75 Å². The third kappa shape index (κ3) is 7.99. The van der Waals surface area contributed by atoms with Gasteiger partial charge >= 0.3 is 0 Å². The zero-order valence-electron chi connectivity index (χ0n) is 21.0. The van der Waals surface area contributed by atoms with Crippen molar-refractivity contribution in [2.45, 2.75) is 52.6 Å². The van der Waals surface area contributed by atoms with Crippen LogP contribution in [0.25, 0.3) is 0 Å². The second kappa shape index (κ2) is 13.3. The number of carbonyl (C=O) groups excluding carboxylic acids is 2. The molecule has 0 heterocycles. The summed E-state index contributed by atoms with van der Waals surface area (Å²) in [5, 5.41) is 3.00. The van der Waals surface area contributed by atoms with Crippen molar-refractivity contribution in [3.8, 4) is 5.75 Å². The largest absolute Gasteiger partial charge is 0.484 e. The number of aryl methyl sites for hydroxylation is 2. The van der Waals surface area contributed by atoms with Gasteiger partial charge < -0.3 is 15.0 Å². The van der Waals surface area contributed by atoms with Crippen molar-refractivity contribution in [2.24, 2.45) is 0 Å². The van der Waals surface area contributed by atoms with Crippen LogP contribution in [0.3, 0.4) is 0 Å². The Hall–Kier alpha value is -3.60. The van der Waals surface area contributed by atoms with E-state index in [1.807, 2.05) is 92.7 Å². The molecule has 0 bridgehead atoms. The average Bonchev–Trinajstić information content (AvgIpc) is 2.89. The lowest BCUT2D eigenvalue weighted by Gasteiger charge is -2.31. The van der Waals surface area contributed by atoms with Gasteiger partial charge in [-0.2, -0.15) is 0 Å². The first-order valence-corrected chi connectivity index (χ1v) is 12.4. The third-order valence-electron chi connectivity index (χ3n) is 5.99. The standard InChI is InChI=1S/C30H36N2O3/c1-4-19-31-30(34)28(20-25-9-7-6-8-10-25)32(21-26-13-11-23(3)12-14-26)29(33)22-35-27-17-15-24(5-2)16-18-27/h6-18,28H,4-5,19-22H2,1-3H3,(H,31,34)/t28-/m1/s1. The maximum absolute atomic E-state index is 13.5. The van der Waals surface area contributed by atoms with Crippen molar-refractivity contribution >= 4 is 11.8 Å². The lowest BCUT2D eigenvalue weighted by atomic mass is 10.0. The van der Waals surface area contributed by atoms with Crippen molar-refractivity contribution < 1.29 is 14.3 Å². The van der Waals surface area contributed by atoms with Gasteiger partial charge in [0.25, 0.3) is 5.91 Å². The molecular weight excluding hydrogens is 436 g/mol. The molecule has 3 aromatic carbocycles. The highest BCUT2D eigenvalue weighted by molar-refractivity contribution is 5.88. The molecule has 184 valence electrons. The van der Waals surface area contributed by atoms with Gasteiger partial charge in [-0.05, 0) is 48.6 Å². The molecule has 0 aliphatic carbocycles. The van der Waals surface area contributed by atoms with Crippen molar-refractivity contribution in [3.05, 3.63) is 101 Å². The van der Waals surface area contributed by atoms with Gasteiger partial charge in [-0.15, -0.1) is 0 Å². The van der Waals surface area contributed by atoms with E-state index in [0.29, 0.717) is 25.3 Å². The van der Waals surface area contributed by atoms with E-state index in [2.05, 4.69) is 12.2 Å². The maximum Gasteiger partial charge on any atom is 0.261 e. The number of hydrogen-bond donors (Lipinski definition) is 1. The second-order valence-corrected chi connectivity index (χ2v) is 8.79. The molecule has 2 amide bonds. The molecule has 0 radical (unpaired) electrons. The van der Waals surface area contributed by atoms with Crippen LogP contribution in [0.1, 0.15) is 42.5 Å². The zero-order chi connectivity index (χ0) is 25.0. The Kier molecular flexibility index (Phi) is 9.91. The molecule has 3 rings (SSSR count). The topological polar surface area (TPSA) is 58.6 Å². The summed E-state index contributed by atoms with van der Waals surface area (Å²) in [7, 11) is 0. The summed E-state index contributed by atoms with van der Waals surface area (Å²) >= 11 is 0. The fraction of sp³-hybridized carbons (Fsp3) is 0.333. The lowest BCUT2D eigenvalue weighted by molar-refractivity contribution is -0.142. The predicted molar refractivity (Wildman–Crippen MR) is 140 cm³/mol. The van der Waals surface area contributed by atoms with Crippen LogP contribution < -0.4 is 10.1 Å². The number of nitrogens with one attached hydrogen (secondary N) is 1. The Bertz CT molecular complexity index is 1060. The fourth-order valence-electron chi connectivity index (χ4n) is 3.86. The molecule has 0 spiro atoms. The molecule has 35 heavy (non-hydrogen) atoms. The molecule has 3 aromatic rings. The Labute approximate surface area is 209 Å². The van der Waals surface area contributed by atoms with Crippen LogP contribution in [0.4, 0.5) is 0 Å². The van der Waals surface area contributed by atoms with E-state index in [9.17, 15) is 9.59 Å². The van der Waals surface area contributed by atoms with Crippen molar-refractivity contribution in [3.63, 3.8) is 0 Å². The lowest BCUT2D eigenvalue weighted by Crippen LogP contribution is -2.51. The number of amides is 2. The maximum atomic E-state index is 13.5. The van der Waals surface area contributed by atoms with Crippen LogP contribution in [-0.2, 0) is 29.0 Å². The minimum atomic E-state index is -0.649. The van der Waals surface area contributed by atoms with Gasteiger partial charge in [-0.3, -0.25) is 9.59 Å². The monoisotopic (exact) mass is 472 g/mol. The van der Waals surface area contributed by atoms with Gasteiger partial charge in [0.1, 0.15) is 11.8 Å². The van der Waals surface area contributed by atoms with Crippen LogP contribution in [0.2, 0.25) is 0 Å². The molecule has 5 heteroatoms. The first-order chi connectivity index (χ1) is 17.0. The van der Waals surface area contributed by atoms with E-state index in [1.165, 1.54) is 5.56 Å². The summed E-state index contributed by atoms with van der Waals surface area (Å²) in [6.07, 6.45) is 2.20. The van der Waals surface area contributed by atoms with E-state index >= 15 is 0 Å². The molecule has 0 aliphatic rings. The smallest absolute Gasteiger partial charge is 0.261 e. The molecule has 0 aromatic heterocycles. The molecule has 5 nitrogen and oxygen atoms in total. The predicted octanol–water partition coefficient (Wildman–Crippen LogP) is 5.10. The Morgan fingerprint density at radius 1 is 0.857 bits per heavy atom. The summed E-state index contributed by atoms with van der Waals surface area (Å²) in [5.41, 5.74) is 4.33. The zero-order valence-corrected chi connectivity index (χ0v) is 21.0. The molecule has 0 saturated heterocycles. The van der Waals surface area contributed by atoms with E-state index < -0.39 is 6.04 Å². The van der Waals surface area contributed by atoms with E-state index in [-0.39, 0.29) is 18.4 Å². The normalized spacial score (nSPS) is 11.5. The number of rotatable bonds is 12. The number of hydrogen-bond acceptors (Lipinski definition) is 3. The molecule has 1 N–H and O–H groups in total. The van der Waals surface area contributed by atoms with Gasteiger partial charge in [0.2, 0.25) is 5.91 Å². The van der Waals surface area contributed by atoms with E-state index in [4.69, 9.17) is 4.74 Å². The van der Waals surface area contributed by atoms with E-state index in [0.717, 1.165) is 29.5 Å². The fourth-order valence-corrected chi connectivity index (χ4v) is 3.86. The Morgan fingerprint density at radius 2 is 1.51 bits per heavy atom. The molecule has 0 saturated carbocycles. The van der Waals surface area contributed by atoms with Gasteiger partial charge in [-0.1, -0.05) is 86.1 Å². The van der Waals surface area contributed by atoms with Gasteiger partial charge in [0.15, 0.2) is 6.61 Å². The number of nitrogens with zero attached hydrogens (tertiary/aromatic N) is 1. The van der Waals surface area contributed by atoms with Crippen molar-refractivity contribution in [1.82, 2.24) is 10.2 Å². The average molecular weight is 473 g/mol. The number of ether oxygens (including phenoxy) is 1. The molecule has 0 fully saturated rings. The molecule has 0 unspecified atom stereocenters. The summed E-state index contributed by atoms with van der Waals surface area (Å²) in [5.74, 6) is 0.266. The SMILES string of the molecule is CCCNC(=O)[C@@H](Cc1ccccc1)N(Cc1ccc(C)cc1)C(=O)COc1ccc(CC)cc1. The highest BCUT2D eigenvalue weighted by Crippen LogP contribution is 2.17. The van der Waals surface area contributed by atoms with Gasteiger partial charge in [-0.25, -0.2) is 0 Å². The van der Waals surface area contributed by atoms with Crippen molar-refractivity contribution in [2.75, 3.05) is 13.2 Å². The summed E-state index contributed by atoms with van der Waals surface area (Å²) < 4.78 is 5.84. The Balaban J connectivity index is 1.86. The van der Waals surface area contributed by atoms with Crippen LogP contribution in [-0.4, -0.2) is 35.9 Å². The quantitative estimate of drug-likeness (QED) is 0.399. The molecular formula is C30H36N2O3. The Morgan fingerprint density at radius 3 is 2.14 bits per heavy atom. The van der Waals surface area contributed by atoms with Gasteiger partial charge in [0.05, 0.1) is 0 Å².